The maximum Gasteiger partial charge on any atom is 0.132 e. The summed E-state index contributed by atoms with van der Waals surface area (Å²) in [5, 5.41) is 9.76. The van der Waals surface area contributed by atoms with Gasteiger partial charge < -0.3 is 5.11 Å². The van der Waals surface area contributed by atoms with Gasteiger partial charge in [0, 0.05) is 11.8 Å². The normalized spacial score (nSPS) is 35.5. The van der Waals surface area contributed by atoms with Crippen LogP contribution in [-0.4, -0.2) is 16.9 Å². The largest absolute Gasteiger partial charge is 0.393 e. The van der Waals surface area contributed by atoms with Gasteiger partial charge in [0.05, 0.1) is 6.10 Å². The zero-order valence-corrected chi connectivity index (χ0v) is 10.7. The molecule has 0 heterocycles. The lowest BCUT2D eigenvalue weighted by Crippen LogP contribution is -2.44. The summed E-state index contributed by atoms with van der Waals surface area (Å²) in [6.07, 6.45) is 4.36. The number of alkyl halides is 1. The second-order valence-corrected chi connectivity index (χ2v) is 5.34. The van der Waals surface area contributed by atoms with Crippen LogP contribution in [0, 0.1) is 17.8 Å². The summed E-state index contributed by atoms with van der Waals surface area (Å²) in [6.45, 7) is 10.8. The zero-order valence-electron chi connectivity index (χ0n) is 10.7. The Morgan fingerprint density at radius 1 is 1.62 bits per heavy atom. The van der Waals surface area contributed by atoms with Gasteiger partial charge in [0.15, 0.2) is 0 Å². The van der Waals surface area contributed by atoms with Crippen LogP contribution in [0.5, 0.6) is 0 Å². The van der Waals surface area contributed by atoms with Gasteiger partial charge in [-0.25, -0.2) is 4.39 Å². The number of aliphatic hydroxyl groups is 1. The van der Waals surface area contributed by atoms with Crippen molar-refractivity contribution in [1.29, 1.82) is 0 Å². The summed E-state index contributed by atoms with van der Waals surface area (Å²) in [7, 11) is 0. The molecule has 92 valence electrons. The van der Waals surface area contributed by atoms with E-state index in [1.807, 2.05) is 19.1 Å². The Balaban J connectivity index is 3.06. The third-order valence-electron chi connectivity index (χ3n) is 3.91. The van der Waals surface area contributed by atoms with Crippen LogP contribution in [-0.2, 0) is 0 Å². The van der Waals surface area contributed by atoms with Crippen molar-refractivity contribution in [2.75, 3.05) is 0 Å². The lowest BCUT2D eigenvalue weighted by molar-refractivity contribution is 0.00997. The molecule has 0 bridgehead atoms. The topological polar surface area (TPSA) is 20.2 Å². The number of rotatable bonds is 3. The van der Waals surface area contributed by atoms with Crippen molar-refractivity contribution in [3.05, 3.63) is 24.3 Å². The van der Waals surface area contributed by atoms with Gasteiger partial charge >= 0.3 is 0 Å². The third-order valence-corrected chi connectivity index (χ3v) is 3.91. The van der Waals surface area contributed by atoms with E-state index in [1.54, 1.807) is 20.8 Å². The summed E-state index contributed by atoms with van der Waals surface area (Å²) >= 11 is 0. The number of halogens is 1. The molecule has 1 aliphatic carbocycles. The van der Waals surface area contributed by atoms with Crippen LogP contribution in [0.4, 0.5) is 4.39 Å². The maximum absolute atomic E-state index is 14.7. The highest BCUT2D eigenvalue weighted by atomic mass is 19.1. The number of hydrogen-bond donors (Lipinski definition) is 1. The van der Waals surface area contributed by atoms with Gasteiger partial charge in [0.25, 0.3) is 0 Å². The van der Waals surface area contributed by atoms with Crippen LogP contribution in [0.1, 0.15) is 34.1 Å². The second kappa shape index (κ2) is 4.70. The molecule has 0 saturated carbocycles. The smallest absolute Gasteiger partial charge is 0.132 e. The van der Waals surface area contributed by atoms with E-state index in [1.165, 1.54) is 0 Å². The average Bonchev–Trinajstić information content (AvgIpc) is 2.16. The molecule has 2 unspecified atom stereocenters. The molecule has 0 aromatic carbocycles. The average molecular weight is 226 g/mol. The van der Waals surface area contributed by atoms with Gasteiger partial charge in [0.1, 0.15) is 5.67 Å². The quantitative estimate of drug-likeness (QED) is 0.730. The first-order valence-corrected chi connectivity index (χ1v) is 5.98. The lowest BCUT2D eigenvalue weighted by Gasteiger charge is -2.42. The molecule has 0 radical (unpaired) electrons. The van der Waals surface area contributed by atoms with Crippen LogP contribution in [0.2, 0.25) is 0 Å². The molecule has 0 amide bonds. The highest BCUT2D eigenvalue weighted by Gasteiger charge is 2.44. The first-order chi connectivity index (χ1) is 7.28. The third kappa shape index (κ3) is 2.37. The fourth-order valence-electron chi connectivity index (χ4n) is 2.74. The highest BCUT2D eigenvalue weighted by molar-refractivity contribution is 5.17. The minimum absolute atomic E-state index is 0.115. The minimum atomic E-state index is -1.41. The van der Waals surface area contributed by atoms with E-state index in [0.29, 0.717) is 5.57 Å². The van der Waals surface area contributed by atoms with E-state index in [9.17, 15) is 9.50 Å². The Kier molecular flexibility index (Phi) is 3.95. The van der Waals surface area contributed by atoms with Crippen molar-refractivity contribution < 1.29 is 9.50 Å². The summed E-state index contributed by atoms with van der Waals surface area (Å²) in [5.41, 5.74) is -0.864. The minimum Gasteiger partial charge on any atom is -0.393 e. The first kappa shape index (κ1) is 13.4. The number of allylic oxidation sites excluding steroid dienone is 2. The molecule has 0 aromatic rings. The molecule has 0 fully saturated rings. The molecule has 1 nitrogen and oxygen atoms in total. The molecular formula is C14H23FO. The van der Waals surface area contributed by atoms with Crippen molar-refractivity contribution in [3.8, 4) is 0 Å². The van der Waals surface area contributed by atoms with Crippen molar-refractivity contribution in [1.82, 2.24) is 0 Å². The van der Waals surface area contributed by atoms with Gasteiger partial charge in [-0.3, -0.25) is 0 Å². The Labute approximate surface area is 98.1 Å². The van der Waals surface area contributed by atoms with Crippen LogP contribution in [0.25, 0.3) is 0 Å². The summed E-state index contributed by atoms with van der Waals surface area (Å²) in [6, 6.07) is 0. The molecule has 0 saturated heterocycles. The molecule has 1 aliphatic rings. The van der Waals surface area contributed by atoms with Crippen LogP contribution in [0.3, 0.4) is 0 Å². The Bertz CT molecular complexity index is 291. The van der Waals surface area contributed by atoms with E-state index in [0.717, 1.165) is 6.42 Å². The molecule has 0 aliphatic heterocycles. The molecule has 0 aromatic heterocycles. The molecule has 16 heavy (non-hydrogen) atoms. The molecule has 2 heteroatoms. The number of hydrogen-bond acceptors (Lipinski definition) is 1. The number of aliphatic hydroxyl groups excluding tert-OH is 1. The Hall–Kier alpha value is -0.630. The second-order valence-electron chi connectivity index (χ2n) is 5.34. The fraction of sp³-hybridized carbons (Fsp3) is 0.714. The van der Waals surface area contributed by atoms with E-state index in [2.05, 4.69) is 6.58 Å². The molecular weight excluding hydrogens is 203 g/mol. The van der Waals surface area contributed by atoms with E-state index in [-0.39, 0.29) is 17.8 Å². The summed E-state index contributed by atoms with van der Waals surface area (Å²) < 4.78 is 14.7. The van der Waals surface area contributed by atoms with Gasteiger partial charge in [0.2, 0.25) is 0 Å². The summed E-state index contributed by atoms with van der Waals surface area (Å²) in [5.74, 6) is -0.0678. The predicted octanol–water partition coefficient (Wildman–Crippen LogP) is 3.50. The Morgan fingerprint density at radius 3 is 2.62 bits per heavy atom. The van der Waals surface area contributed by atoms with Gasteiger partial charge in [-0.2, -0.15) is 0 Å². The van der Waals surface area contributed by atoms with Crippen LogP contribution in [0.15, 0.2) is 24.3 Å². The monoisotopic (exact) mass is 226 g/mol. The van der Waals surface area contributed by atoms with Crippen LogP contribution < -0.4 is 0 Å². The van der Waals surface area contributed by atoms with Gasteiger partial charge in [-0.05, 0) is 38.7 Å². The van der Waals surface area contributed by atoms with Crippen LogP contribution >= 0.6 is 0 Å². The van der Waals surface area contributed by atoms with Gasteiger partial charge in [-0.1, -0.05) is 25.7 Å². The lowest BCUT2D eigenvalue weighted by atomic mass is 9.65. The standard InChI is InChI=1S/C14H23FO/c1-9(2)14(5,15)13-10(3)7-6-8-12(13)11(4)16/h6,8,10-13,16H,1,7H2,2-5H3/t10-,11?,12-,13?,14+/m0/s1. The van der Waals surface area contributed by atoms with Crippen molar-refractivity contribution in [3.63, 3.8) is 0 Å². The van der Waals surface area contributed by atoms with E-state index < -0.39 is 11.8 Å². The molecule has 1 N–H and O–H groups in total. The SMILES string of the molecule is C=C(C)[C@@](C)(F)C1[C@H](C(C)O)C=CC[C@@H]1C. The highest BCUT2D eigenvalue weighted by Crippen LogP contribution is 2.44. The van der Waals surface area contributed by atoms with E-state index in [4.69, 9.17) is 0 Å². The fourth-order valence-corrected chi connectivity index (χ4v) is 2.74. The molecule has 5 atom stereocenters. The maximum atomic E-state index is 14.7. The Morgan fingerprint density at radius 2 is 2.19 bits per heavy atom. The van der Waals surface area contributed by atoms with Gasteiger partial charge in [-0.15, -0.1) is 0 Å². The summed E-state index contributed by atoms with van der Waals surface area (Å²) in [4.78, 5) is 0. The van der Waals surface area contributed by atoms with Crippen molar-refractivity contribution in [2.45, 2.75) is 45.9 Å². The first-order valence-electron chi connectivity index (χ1n) is 5.98. The molecule has 1 rings (SSSR count). The zero-order chi connectivity index (χ0) is 12.5. The molecule has 0 spiro atoms. The van der Waals surface area contributed by atoms with Crippen molar-refractivity contribution in [2.24, 2.45) is 17.8 Å². The van der Waals surface area contributed by atoms with Crippen molar-refractivity contribution >= 4 is 0 Å². The van der Waals surface area contributed by atoms with E-state index >= 15 is 0 Å². The predicted molar refractivity (Wildman–Crippen MR) is 65.9 cm³/mol.